The fourth-order valence-electron chi connectivity index (χ4n) is 2.72. The molecule has 2 heterocycles. The van der Waals surface area contributed by atoms with Crippen LogP contribution in [0.25, 0.3) is 0 Å². The zero-order chi connectivity index (χ0) is 14.3. The fraction of sp³-hybridized carbons (Fsp3) is 0.643. The van der Waals surface area contributed by atoms with Gasteiger partial charge in [-0.25, -0.2) is 9.97 Å². The Kier molecular flexibility index (Phi) is 3.23. The second-order valence-corrected chi connectivity index (χ2v) is 5.60. The first-order chi connectivity index (χ1) is 9.61. The highest BCUT2D eigenvalue weighted by atomic mass is 16.2. The lowest BCUT2D eigenvalue weighted by Gasteiger charge is -2.36. The average Bonchev–Trinajstić information content (AvgIpc) is 3.26. The van der Waals surface area contributed by atoms with E-state index in [9.17, 15) is 4.79 Å². The van der Waals surface area contributed by atoms with Gasteiger partial charge in [0, 0.05) is 24.6 Å². The number of piperazine rings is 1. The SMILES string of the molecule is CCC1C(=O)NCCN1c1nc(C2CC2)nc(N)c1C. The standard InChI is InChI=1S/C14H21N5O/c1-3-10-14(20)16-6-7-19(10)13-8(2)11(15)17-12(18-13)9-4-5-9/h9-10H,3-7H2,1-2H3,(H,16,20)(H2,15,17,18). The van der Waals surface area contributed by atoms with Gasteiger partial charge < -0.3 is 16.0 Å². The number of nitrogens with one attached hydrogen (secondary N) is 1. The third kappa shape index (κ3) is 2.19. The highest BCUT2D eigenvalue weighted by molar-refractivity contribution is 5.86. The first-order valence-corrected chi connectivity index (χ1v) is 7.30. The van der Waals surface area contributed by atoms with Gasteiger partial charge in [-0.1, -0.05) is 6.92 Å². The van der Waals surface area contributed by atoms with E-state index in [1.165, 1.54) is 0 Å². The van der Waals surface area contributed by atoms with Gasteiger partial charge in [0.25, 0.3) is 0 Å². The number of aromatic nitrogens is 2. The van der Waals surface area contributed by atoms with Crippen LogP contribution < -0.4 is 16.0 Å². The predicted octanol–water partition coefficient (Wildman–Crippen LogP) is 0.959. The monoisotopic (exact) mass is 275 g/mol. The van der Waals surface area contributed by atoms with Gasteiger partial charge in [-0.05, 0) is 26.2 Å². The predicted molar refractivity (Wildman–Crippen MR) is 77.6 cm³/mol. The van der Waals surface area contributed by atoms with E-state index in [-0.39, 0.29) is 11.9 Å². The number of rotatable bonds is 3. The molecule has 0 bridgehead atoms. The maximum Gasteiger partial charge on any atom is 0.242 e. The zero-order valence-electron chi connectivity index (χ0n) is 12.0. The number of hydrogen-bond acceptors (Lipinski definition) is 5. The topological polar surface area (TPSA) is 84.1 Å². The molecule has 1 atom stereocenters. The summed E-state index contributed by atoms with van der Waals surface area (Å²) < 4.78 is 0. The molecule has 2 fully saturated rings. The second kappa shape index (κ2) is 4.92. The van der Waals surface area contributed by atoms with Crippen molar-refractivity contribution in [2.24, 2.45) is 0 Å². The lowest BCUT2D eigenvalue weighted by Crippen LogP contribution is -2.55. The van der Waals surface area contributed by atoms with Crippen LogP contribution >= 0.6 is 0 Å². The molecule has 0 aromatic carbocycles. The number of nitrogens with two attached hydrogens (primary N) is 1. The molecule has 1 amide bonds. The summed E-state index contributed by atoms with van der Waals surface area (Å²) >= 11 is 0. The molecular formula is C14H21N5O. The summed E-state index contributed by atoms with van der Waals surface area (Å²) in [5.41, 5.74) is 6.91. The van der Waals surface area contributed by atoms with Crippen molar-refractivity contribution in [1.29, 1.82) is 0 Å². The zero-order valence-corrected chi connectivity index (χ0v) is 12.0. The average molecular weight is 275 g/mol. The van der Waals surface area contributed by atoms with Crippen molar-refractivity contribution in [3.63, 3.8) is 0 Å². The van der Waals surface area contributed by atoms with Crippen LogP contribution in [0.3, 0.4) is 0 Å². The minimum Gasteiger partial charge on any atom is -0.383 e. The van der Waals surface area contributed by atoms with Gasteiger partial charge in [0.05, 0.1) is 0 Å². The molecule has 108 valence electrons. The minimum absolute atomic E-state index is 0.0725. The number of carbonyl (C=O) groups is 1. The van der Waals surface area contributed by atoms with Crippen LogP contribution in [-0.2, 0) is 4.79 Å². The van der Waals surface area contributed by atoms with Gasteiger partial charge in [-0.3, -0.25) is 4.79 Å². The Morgan fingerprint density at radius 2 is 2.15 bits per heavy atom. The molecule has 2 aliphatic rings. The van der Waals surface area contributed by atoms with Crippen molar-refractivity contribution in [2.45, 2.75) is 45.1 Å². The number of carbonyl (C=O) groups excluding carboxylic acids is 1. The van der Waals surface area contributed by atoms with Crippen molar-refractivity contribution in [1.82, 2.24) is 15.3 Å². The van der Waals surface area contributed by atoms with Crippen molar-refractivity contribution in [3.8, 4) is 0 Å². The highest BCUT2D eigenvalue weighted by Crippen LogP contribution is 2.40. The Morgan fingerprint density at radius 1 is 1.40 bits per heavy atom. The quantitative estimate of drug-likeness (QED) is 0.858. The van der Waals surface area contributed by atoms with Crippen LogP contribution in [-0.4, -0.2) is 35.0 Å². The summed E-state index contributed by atoms with van der Waals surface area (Å²) in [6, 6.07) is -0.163. The Labute approximate surface area is 118 Å². The van der Waals surface area contributed by atoms with E-state index in [2.05, 4.69) is 15.2 Å². The summed E-state index contributed by atoms with van der Waals surface area (Å²) in [7, 11) is 0. The molecule has 3 rings (SSSR count). The minimum atomic E-state index is -0.163. The molecule has 1 aliphatic carbocycles. The molecule has 1 aliphatic heterocycles. The summed E-state index contributed by atoms with van der Waals surface area (Å²) in [4.78, 5) is 23.2. The van der Waals surface area contributed by atoms with E-state index >= 15 is 0 Å². The number of nitrogens with zero attached hydrogens (tertiary/aromatic N) is 3. The van der Waals surface area contributed by atoms with E-state index in [1.807, 2.05) is 13.8 Å². The van der Waals surface area contributed by atoms with Gasteiger partial charge in [-0.2, -0.15) is 0 Å². The maximum absolute atomic E-state index is 12.0. The number of amides is 1. The van der Waals surface area contributed by atoms with Gasteiger partial charge in [0.15, 0.2) is 0 Å². The number of anilines is 2. The molecule has 0 radical (unpaired) electrons. The molecule has 1 aromatic heterocycles. The summed E-state index contributed by atoms with van der Waals surface area (Å²) in [6.45, 7) is 5.37. The first kappa shape index (κ1) is 13.1. The van der Waals surface area contributed by atoms with Crippen LogP contribution in [0.1, 0.15) is 43.5 Å². The molecule has 20 heavy (non-hydrogen) atoms. The number of hydrogen-bond donors (Lipinski definition) is 2. The van der Waals surface area contributed by atoms with E-state index in [0.717, 1.165) is 43.0 Å². The van der Waals surface area contributed by atoms with Gasteiger partial charge >= 0.3 is 0 Å². The Bertz CT molecular complexity index is 541. The highest BCUT2D eigenvalue weighted by Gasteiger charge is 2.33. The summed E-state index contributed by atoms with van der Waals surface area (Å²) in [6.07, 6.45) is 3.03. The largest absolute Gasteiger partial charge is 0.383 e. The molecule has 6 nitrogen and oxygen atoms in total. The van der Waals surface area contributed by atoms with Gasteiger partial charge in [0.2, 0.25) is 5.91 Å². The molecule has 1 aromatic rings. The van der Waals surface area contributed by atoms with Crippen LogP contribution in [0.15, 0.2) is 0 Å². The van der Waals surface area contributed by atoms with Crippen LogP contribution in [0.4, 0.5) is 11.6 Å². The normalized spacial score (nSPS) is 22.8. The van der Waals surface area contributed by atoms with Crippen molar-refractivity contribution >= 4 is 17.5 Å². The van der Waals surface area contributed by atoms with Crippen LogP contribution in [0.2, 0.25) is 0 Å². The molecule has 1 unspecified atom stereocenters. The molecule has 3 N–H and O–H groups in total. The number of nitrogen functional groups attached to an aromatic ring is 1. The van der Waals surface area contributed by atoms with Crippen molar-refractivity contribution in [2.75, 3.05) is 23.7 Å². The van der Waals surface area contributed by atoms with E-state index in [1.54, 1.807) is 0 Å². The third-order valence-electron chi connectivity index (χ3n) is 4.11. The molecule has 6 heteroatoms. The first-order valence-electron chi connectivity index (χ1n) is 7.30. The lowest BCUT2D eigenvalue weighted by molar-refractivity contribution is -0.123. The fourth-order valence-corrected chi connectivity index (χ4v) is 2.72. The molecule has 0 spiro atoms. The third-order valence-corrected chi connectivity index (χ3v) is 4.11. The maximum atomic E-state index is 12.0. The second-order valence-electron chi connectivity index (χ2n) is 5.60. The molecule has 1 saturated carbocycles. The van der Waals surface area contributed by atoms with Gasteiger partial charge in [-0.15, -0.1) is 0 Å². The van der Waals surface area contributed by atoms with E-state index in [4.69, 9.17) is 10.7 Å². The summed E-state index contributed by atoms with van der Waals surface area (Å²) in [5.74, 6) is 2.74. The van der Waals surface area contributed by atoms with Crippen molar-refractivity contribution < 1.29 is 4.79 Å². The van der Waals surface area contributed by atoms with Gasteiger partial charge in [0.1, 0.15) is 23.5 Å². The van der Waals surface area contributed by atoms with Crippen molar-refractivity contribution in [3.05, 3.63) is 11.4 Å². The Balaban J connectivity index is 2.00. The summed E-state index contributed by atoms with van der Waals surface area (Å²) in [5, 5.41) is 2.91. The Hall–Kier alpha value is -1.85. The van der Waals surface area contributed by atoms with Crippen LogP contribution in [0, 0.1) is 6.92 Å². The smallest absolute Gasteiger partial charge is 0.242 e. The molecular weight excluding hydrogens is 254 g/mol. The van der Waals surface area contributed by atoms with E-state index in [0.29, 0.717) is 18.3 Å². The van der Waals surface area contributed by atoms with Crippen LogP contribution in [0.5, 0.6) is 0 Å². The molecule has 1 saturated heterocycles. The Morgan fingerprint density at radius 3 is 2.80 bits per heavy atom. The van der Waals surface area contributed by atoms with E-state index < -0.39 is 0 Å². The lowest BCUT2D eigenvalue weighted by atomic mass is 10.1.